The van der Waals surface area contributed by atoms with Crippen molar-refractivity contribution in [3.05, 3.63) is 36.5 Å². The SMILES string of the molecule is CCCCC/C=C/C/C=C/C/C=C/CCCCCCC(=O)O[C@H](COC(=O)CCCCCCCCCCCCCCCCCCCC)COP(=O)(O)OCC[N+](C)(C)C. The average Bonchev–Trinajstić information content (AvgIpc) is 3.19. The van der Waals surface area contributed by atoms with Crippen LogP contribution >= 0.6 is 7.82 Å². The fourth-order valence-electron chi connectivity index (χ4n) is 6.61. The number of unbranched alkanes of at least 4 members (excludes halogenated alkanes) is 24. The smallest absolute Gasteiger partial charge is 0.462 e. The van der Waals surface area contributed by atoms with Crippen molar-refractivity contribution in [1.29, 1.82) is 0 Å². The second kappa shape index (κ2) is 41.6. The number of phosphoric ester groups is 1. The lowest BCUT2D eigenvalue weighted by molar-refractivity contribution is -0.870. The molecule has 10 heteroatoms. The Morgan fingerprint density at radius 2 is 0.915 bits per heavy atom. The third-order valence-electron chi connectivity index (χ3n) is 10.4. The van der Waals surface area contributed by atoms with Crippen molar-refractivity contribution in [2.24, 2.45) is 0 Å². The van der Waals surface area contributed by atoms with Gasteiger partial charge in [0, 0.05) is 12.8 Å². The Morgan fingerprint density at radius 1 is 0.525 bits per heavy atom. The van der Waals surface area contributed by atoms with Crippen LogP contribution in [0.5, 0.6) is 0 Å². The Kier molecular flexibility index (Phi) is 40.3. The number of ether oxygens (including phenoxy) is 2. The maximum atomic E-state index is 12.7. The molecule has 1 unspecified atom stereocenters. The Balaban J connectivity index is 4.32. The van der Waals surface area contributed by atoms with Crippen molar-refractivity contribution in [3.63, 3.8) is 0 Å². The number of quaternary nitrogens is 1. The summed E-state index contributed by atoms with van der Waals surface area (Å²) < 4.78 is 34.4. The van der Waals surface area contributed by atoms with Crippen LogP contribution in [0.1, 0.15) is 213 Å². The summed E-state index contributed by atoms with van der Waals surface area (Å²) >= 11 is 0. The number of rotatable bonds is 44. The van der Waals surface area contributed by atoms with Crippen LogP contribution in [0, 0.1) is 0 Å². The topological polar surface area (TPSA) is 108 Å². The highest BCUT2D eigenvalue weighted by atomic mass is 31.2. The van der Waals surface area contributed by atoms with Crippen molar-refractivity contribution >= 4 is 19.8 Å². The van der Waals surface area contributed by atoms with Gasteiger partial charge in [-0.05, 0) is 51.4 Å². The fourth-order valence-corrected chi connectivity index (χ4v) is 7.35. The largest absolute Gasteiger partial charge is 0.472 e. The Bertz CT molecular complexity index is 1100. The van der Waals surface area contributed by atoms with Gasteiger partial charge in [0.15, 0.2) is 6.10 Å². The van der Waals surface area contributed by atoms with Gasteiger partial charge in [-0.3, -0.25) is 18.6 Å². The number of nitrogens with zero attached hydrogens (tertiary/aromatic N) is 1. The molecule has 0 aromatic rings. The molecule has 0 aliphatic carbocycles. The molecule has 0 aliphatic heterocycles. The average molecular weight is 855 g/mol. The lowest BCUT2D eigenvalue weighted by atomic mass is 10.0. The summed E-state index contributed by atoms with van der Waals surface area (Å²) in [4.78, 5) is 35.5. The first-order chi connectivity index (χ1) is 28.5. The van der Waals surface area contributed by atoms with E-state index < -0.39 is 26.5 Å². The number of hydrogen-bond donors (Lipinski definition) is 1. The van der Waals surface area contributed by atoms with Crippen LogP contribution in [0.25, 0.3) is 0 Å². The van der Waals surface area contributed by atoms with Crippen LogP contribution in [0.15, 0.2) is 36.5 Å². The molecule has 0 rings (SSSR count). The van der Waals surface area contributed by atoms with Gasteiger partial charge in [-0.25, -0.2) is 4.57 Å². The minimum Gasteiger partial charge on any atom is -0.462 e. The van der Waals surface area contributed by atoms with Gasteiger partial charge in [0.05, 0.1) is 27.7 Å². The van der Waals surface area contributed by atoms with Gasteiger partial charge in [-0.15, -0.1) is 0 Å². The minimum absolute atomic E-state index is 0.0279. The molecule has 0 aromatic heterocycles. The van der Waals surface area contributed by atoms with E-state index in [1.807, 2.05) is 21.1 Å². The number of esters is 2. The zero-order valence-electron chi connectivity index (χ0n) is 39.0. The predicted octanol–water partition coefficient (Wildman–Crippen LogP) is 14.1. The van der Waals surface area contributed by atoms with Crippen LogP contribution in [0.4, 0.5) is 0 Å². The van der Waals surface area contributed by atoms with Gasteiger partial charge in [0.25, 0.3) is 0 Å². The second-order valence-electron chi connectivity index (χ2n) is 17.5. The van der Waals surface area contributed by atoms with E-state index in [4.69, 9.17) is 18.5 Å². The summed E-state index contributed by atoms with van der Waals surface area (Å²) in [5.41, 5.74) is 0. The summed E-state index contributed by atoms with van der Waals surface area (Å²) in [7, 11) is 1.46. The molecule has 1 N–H and O–H groups in total. The molecule has 346 valence electrons. The lowest BCUT2D eigenvalue weighted by Gasteiger charge is -2.24. The van der Waals surface area contributed by atoms with E-state index in [0.717, 1.165) is 57.8 Å². The predicted molar refractivity (Wildman–Crippen MR) is 247 cm³/mol. The molecule has 59 heavy (non-hydrogen) atoms. The minimum atomic E-state index is -4.38. The zero-order valence-corrected chi connectivity index (χ0v) is 39.9. The first-order valence-corrected chi connectivity index (χ1v) is 25.7. The summed E-state index contributed by atoms with van der Waals surface area (Å²) in [6.07, 6.45) is 47.6. The highest BCUT2D eigenvalue weighted by Gasteiger charge is 2.27. The van der Waals surface area contributed by atoms with Crippen molar-refractivity contribution in [1.82, 2.24) is 0 Å². The highest BCUT2D eigenvalue weighted by molar-refractivity contribution is 7.47. The maximum Gasteiger partial charge on any atom is 0.472 e. The molecule has 0 spiro atoms. The highest BCUT2D eigenvalue weighted by Crippen LogP contribution is 2.43. The Morgan fingerprint density at radius 3 is 1.39 bits per heavy atom. The third-order valence-corrected chi connectivity index (χ3v) is 11.4. The van der Waals surface area contributed by atoms with Crippen molar-refractivity contribution in [3.8, 4) is 0 Å². The molecule has 0 radical (unpaired) electrons. The summed E-state index contributed by atoms with van der Waals surface area (Å²) in [6, 6.07) is 0. The lowest BCUT2D eigenvalue weighted by Crippen LogP contribution is -2.37. The van der Waals surface area contributed by atoms with Gasteiger partial charge in [-0.1, -0.05) is 185 Å². The molecular weight excluding hydrogens is 762 g/mol. The van der Waals surface area contributed by atoms with Gasteiger partial charge < -0.3 is 18.9 Å². The fraction of sp³-hybridized carbons (Fsp3) is 0.837. The second-order valence-corrected chi connectivity index (χ2v) is 19.0. The number of likely N-dealkylation sites (N-methyl/N-ethyl adjacent to an activating group) is 1. The molecule has 0 saturated carbocycles. The Labute approximate surface area is 363 Å². The normalized spacial score (nSPS) is 13.8. The van der Waals surface area contributed by atoms with E-state index in [2.05, 4.69) is 50.3 Å². The number of allylic oxidation sites excluding steroid dienone is 6. The van der Waals surface area contributed by atoms with Crippen molar-refractivity contribution in [2.75, 3.05) is 47.5 Å². The van der Waals surface area contributed by atoms with Crippen molar-refractivity contribution < 1.29 is 42.1 Å². The standard InChI is InChI=1S/C49H92NO8P/c1-6-8-10-12-14-16-18-20-22-24-26-27-29-31-33-35-37-39-41-48(51)55-45-47(46-57-59(53,54)56-44-43-50(3,4)5)58-49(52)42-40-38-36-34-32-30-28-25-23-21-19-17-15-13-11-9-7-2/h15,17,21,23,28,30,47H,6-14,16,18-20,22,24-27,29,31-46H2,1-5H3/p+1/b17-15+,23-21+,30-28+/t47-/m1/s1. The molecule has 9 nitrogen and oxygen atoms in total. The molecule has 0 fully saturated rings. The quantitative estimate of drug-likeness (QED) is 0.0212. The van der Waals surface area contributed by atoms with E-state index in [1.54, 1.807) is 0 Å². The van der Waals surface area contributed by atoms with Gasteiger partial charge >= 0.3 is 19.8 Å². The molecule has 0 amide bonds. The van der Waals surface area contributed by atoms with E-state index in [9.17, 15) is 19.0 Å². The molecule has 0 saturated heterocycles. The molecule has 0 bridgehead atoms. The summed E-state index contributed by atoms with van der Waals surface area (Å²) in [5, 5.41) is 0. The van der Waals surface area contributed by atoms with E-state index in [1.165, 1.54) is 122 Å². The van der Waals surface area contributed by atoms with E-state index in [0.29, 0.717) is 17.4 Å². The van der Waals surface area contributed by atoms with Crippen LogP contribution in [-0.2, 0) is 32.7 Å². The summed E-state index contributed by atoms with van der Waals surface area (Å²) in [5.74, 6) is -0.816. The van der Waals surface area contributed by atoms with Crippen LogP contribution in [0.3, 0.4) is 0 Å². The molecule has 2 atom stereocenters. The van der Waals surface area contributed by atoms with E-state index in [-0.39, 0.29) is 32.0 Å². The first kappa shape index (κ1) is 57.2. The number of carbonyl (C=O) groups excluding carboxylic acids is 2. The molecule has 0 heterocycles. The molecule has 0 aromatic carbocycles. The maximum absolute atomic E-state index is 12.7. The summed E-state index contributed by atoms with van der Waals surface area (Å²) in [6.45, 7) is 4.39. The first-order valence-electron chi connectivity index (χ1n) is 24.2. The molecule has 0 aliphatic rings. The van der Waals surface area contributed by atoms with Crippen LogP contribution in [0.2, 0.25) is 0 Å². The Hall–Kier alpha value is -1.77. The van der Waals surface area contributed by atoms with Crippen LogP contribution < -0.4 is 0 Å². The zero-order chi connectivity index (χ0) is 43.6. The van der Waals surface area contributed by atoms with Crippen molar-refractivity contribution in [2.45, 2.75) is 219 Å². The van der Waals surface area contributed by atoms with E-state index >= 15 is 0 Å². The number of hydrogen-bond acceptors (Lipinski definition) is 7. The van der Waals surface area contributed by atoms with Crippen LogP contribution in [-0.4, -0.2) is 74.9 Å². The van der Waals surface area contributed by atoms with Gasteiger partial charge in [0.1, 0.15) is 19.8 Å². The van der Waals surface area contributed by atoms with Gasteiger partial charge in [-0.2, -0.15) is 0 Å². The number of carbonyl (C=O) groups is 2. The third kappa shape index (κ3) is 45.6. The molecular formula is C49H93NO8P+. The van der Waals surface area contributed by atoms with Gasteiger partial charge in [0.2, 0.25) is 0 Å². The number of phosphoric acid groups is 1. The monoisotopic (exact) mass is 855 g/mol.